The lowest BCUT2D eigenvalue weighted by molar-refractivity contribution is 0.311. The van der Waals surface area contributed by atoms with E-state index in [-0.39, 0.29) is 4.90 Å². The van der Waals surface area contributed by atoms with Crippen LogP contribution in [0.2, 0.25) is 0 Å². The Hall–Kier alpha value is -2.44. The number of primary sulfonamides is 1. The minimum absolute atomic E-state index is 0.0998. The summed E-state index contributed by atoms with van der Waals surface area (Å²) in [6, 6.07) is 16.6. The summed E-state index contributed by atoms with van der Waals surface area (Å²) in [5.74, 6) is 1.47. The molecule has 4 rings (SSSR count). The van der Waals surface area contributed by atoms with Gasteiger partial charge in [0.2, 0.25) is 10.0 Å². The molecule has 146 valence electrons. The molecule has 2 N–H and O–H groups in total. The third kappa shape index (κ3) is 4.03. The Morgan fingerprint density at radius 1 is 0.929 bits per heavy atom. The molecule has 0 amide bonds. The van der Waals surface area contributed by atoms with Gasteiger partial charge in [-0.2, -0.15) is 0 Å². The number of nitrogens with two attached hydrogens (primary N) is 1. The summed E-state index contributed by atoms with van der Waals surface area (Å²) in [6.07, 6.45) is 7.12. The third-order valence-corrected chi connectivity index (χ3v) is 6.41. The molecule has 1 heterocycles. The van der Waals surface area contributed by atoms with E-state index < -0.39 is 10.0 Å². The summed E-state index contributed by atoms with van der Waals surface area (Å²) in [5, 5.41) is 9.62. The van der Waals surface area contributed by atoms with Crippen LogP contribution in [0.1, 0.15) is 37.9 Å². The fourth-order valence-electron chi connectivity index (χ4n) is 4.02. The van der Waals surface area contributed by atoms with Gasteiger partial charge in [0.1, 0.15) is 11.5 Å². The molecule has 28 heavy (non-hydrogen) atoms. The molecule has 6 heteroatoms. The molecule has 0 unspecified atom stereocenters. The first-order valence-electron chi connectivity index (χ1n) is 9.69. The van der Waals surface area contributed by atoms with Crippen LogP contribution in [0.15, 0.2) is 64.0 Å². The van der Waals surface area contributed by atoms with Gasteiger partial charge in [0, 0.05) is 12.0 Å². The van der Waals surface area contributed by atoms with E-state index in [0.29, 0.717) is 5.92 Å². The molecular formula is C22H24N2O3S. The van der Waals surface area contributed by atoms with E-state index in [4.69, 9.17) is 9.66 Å². The SMILES string of the molecule is NS(=O)(=O)c1ccc(-c2c(-c3ccccc3)noc2CC2CCCCC2)cc1. The summed E-state index contributed by atoms with van der Waals surface area (Å²) in [4.78, 5) is 0.0998. The molecule has 0 radical (unpaired) electrons. The number of aromatic nitrogens is 1. The summed E-state index contributed by atoms with van der Waals surface area (Å²) in [7, 11) is -3.72. The van der Waals surface area contributed by atoms with Crippen LogP contribution in [0.25, 0.3) is 22.4 Å². The Labute approximate surface area is 165 Å². The van der Waals surface area contributed by atoms with Crippen LogP contribution < -0.4 is 5.14 Å². The second kappa shape index (κ2) is 7.89. The zero-order valence-corrected chi connectivity index (χ0v) is 16.5. The number of benzene rings is 2. The first-order valence-corrected chi connectivity index (χ1v) is 11.2. The average Bonchev–Trinajstić information content (AvgIpc) is 3.12. The summed E-state index contributed by atoms with van der Waals surface area (Å²) < 4.78 is 29.0. The van der Waals surface area contributed by atoms with Crippen molar-refractivity contribution in [3.8, 4) is 22.4 Å². The van der Waals surface area contributed by atoms with Crippen LogP contribution in [0, 0.1) is 5.92 Å². The molecule has 0 aliphatic heterocycles. The van der Waals surface area contributed by atoms with Crippen molar-refractivity contribution in [2.45, 2.75) is 43.4 Å². The second-order valence-corrected chi connectivity index (χ2v) is 9.03. The highest BCUT2D eigenvalue weighted by Gasteiger charge is 2.23. The highest BCUT2D eigenvalue weighted by Crippen LogP contribution is 2.38. The van der Waals surface area contributed by atoms with Gasteiger partial charge >= 0.3 is 0 Å². The van der Waals surface area contributed by atoms with Crippen LogP contribution in [0.4, 0.5) is 0 Å². The van der Waals surface area contributed by atoms with Crippen molar-refractivity contribution in [2.75, 3.05) is 0 Å². The Bertz CT molecular complexity index is 1040. The fraction of sp³-hybridized carbons (Fsp3) is 0.318. The van der Waals surface area contributed by atoms with E-state index in [1.165, 1.54) is 44.2 Å². The number of rotatable bonds is 5. The molecule has 5 nitrogen and oxygen atoms in total. The molecule has 1 aliphatic rings. The maximum Gasteiger partial charge on any atom is 0.238 e. The zero-order valence-electron chi connectivity index (χ0n) is 15.7. The quantitative estimate of drug-likeness (QED) is 0.672. The van der Waals surface area contributed by atoms with E-state index in [2.05, 4.69) is 5.16 Å². The lowest BCUT2D eigenvalue weighted by Gasteiger charge is -2.20. The van der Waals surface area contributed by atoms with Gasteiger partial charge in [-0.1, -0.05) is 79.7 Å². The molecule has 0 saturated heterocycles. The van der Waals surface area contributed by atoms with Crippen LogP contribution in [-0.2, 0) is 16.4 Å². The van der Waals surface area contributed by atoms with Gasteiger partial charge in [-0.25, -0.2) is 13.6 Å². The number of sulfonamides is 1. The van der Waals surface area contributed by atoms with E-state index in [1.54, 1.807) is 12.1 Å². The lowest BCUT2D eigenvalue weighted by Crippen LogP contribution is -2.11. The first kappa shape index (κ1) is 18.9. The van der Waals surface area contributed by atoms with E-state index in [9.17, 15) is 8.42 Å². The van der Waals surface area contributed by atoms with Gasteiger partial charge in [-0.3, -0.25) is 0 Å². The van der Waals surface area contributed by atoms with Gasteiger partial charge in [-0.15, -0.1) is 0 Å². The molecular weight excluding hydrogens is 372 g/mol. The molecule has 0 spiro atoms. The van der Waals surface area contributed by atoms with Crippen molar-refractivity contribution in [2.24, 2.45) is 11.1 Å². The monoisotopic (exact) mass is 396 g/mol. The highest BCUT2D eigenvalue weighted by molar-refractivity contribution is 7.89. The van der Waals surface area contributed by atoms with Crippen molar-refractivity contribution in [3.63, 3.8) is 0 Å². The average molecular weight is 397 g/mol. The van der Waals surface area contributed by atoms with Gasteiger partial charge in [0.25, 0.3) is 0 Å². The van der Waals surface area contributed by atoms with Gasteiger partial charge in [0.05, 0.1) is 10.5 Å². The number of hydrogen-bond donors (Lipinski definition) is 1. The Morgan fingerprint density at radius 2 is 1.61 bits per heavy atom. The highest BCUT2D eigenvalue weighted by atomic mass is 32.2. The Balaban J connectivity index is 1.77. The summed E-state index contributed by atoms with van der Waals surface area (Å²) in [6.45, 7) is 0. The van der Waals surface area contributed by atoms with Crippen LogP contribution in [0.3, 0.4) is 0 Å². The minimum atomic E-state index is -3.72. The second-order valence-electron chi connectivity index (χ2n) is 7.47. The maximum absolute atomic E-state index is 11.6. The van der Waals surface area contributed by atoms with Crippen molar-refractivity contribution in [1.82, 2.24) is 5.16 Å². The molecule has 0 bridgehead atoms. The molecule has 1 aromatic heterocycles. The topological polar surface area (TPSA) is 86.2 Å². The fourth-order valence-corrected chi connectivity index (χ4v) is 4.53. The van der Waals surface area contributed by atoms with Crippen molar-refractivity contribution in [3.05, 3.63) is 60.4 Å². The standard InChI is InChI=1S/C22H24N2O3S/c23-28(25,26)19-13-11-17(12-14-19)21-20(15-16-7-3-1-4-8-16)27-24-22(21)18-9-5-2-6-10-18/h2,5-6,9-14,16H,1,3-4,7-8,15H2,(H2,23,25,26). The number of hydrogen-bond acceptors (Lipinski definition) is 4. The lowest BCUT2D eigenvalue weighted by atomic mass is 9.85. The van der Waals surface area contributed by atoms with E-state index >= 15 is 0 Å². The van der Waals surface area contributed by atoms with Crippen LogP contribution >= 0.6 is 0 Å². The molecule has 1 aliphatic carbocycles. The zero-order chi connectivity index (χ0) is 19.6. The maximum atomic E-state index is 11.6. The van der Waals surface area contributed by atoms with Crippen molar-refractivity contribution in [1.29, 1.82) is 0 Å². The summed E-state index contributed by atoms with van der Waals surface area (Å²) in [5.41, 5.74) is 3.59. The van der Waals surface area contributed by atoms with Crippen LogP contribution in [0.5, 0.6) is 0 Å². The minimum Gasteiger partial charge on any atom is -0.360 e. The molecule has 1 fully saturated rings. The van der Waals surface area contributed by atoms with Gasteiger partial charge in [-0.05, 0) is 23.6 Å². The van der Waals surface area contributed by atoms with Crippen molar-refractivity contribution >= 4 is 10.0 Å². The third-order valence-electron chi connectivity index (χ3n) is 5.48. The largest absolute Gasteiger partial charge is 0.360 e. The molecule has 2 aromatic carbocycles. The Kier molecular flexibility index (Phi) is 5.33. The van der Waals surface area contributed by atoms with Crippen LogP contribution in [-0.4, -0.2) is 13.6 Å². The van der Waals surface area contributed by atoms with E-state index in [1.807, 2.05) is 30.3 Å². The first-order chi connectivity index (χ1) is 13.5. The van der Waals surface area contributed by atoms with Gasteiger partial charge in [0.15, 0.2) is 0 Å². The predicted molar refractivity (Wildman–Crippen MR) is 109 cm³/mol. The predicted octanol–water partition coefficient (Wildman–Crippen LogP) is 4.78. The van der Waals surface area contributed by atoms with E-state index in [0.717, 1.165) is 34.6 Å². The Morgan fingerprint density at radius 3 is 2.25 bits per heavy atom. The summed E-state index contributed by atoms with van der Waals surface area (Å²) >= 11 is 0. The normalized spacial score (nSPS) is 15.6. The molecule has 0 atom stereocenters. The van der Waals surface area contributed by atoms with Gasteiger partial charge < -0.3 is 4.52 Å². The molecule has 1 saturated carbocycles. The van der Waals surface area contributed by atoms with Crippen molar-refractivity contribution < 1.29 is 12.9 Å². The number of nitrogens with zero attached hydrogens (tertiary/aromatic N) is 1. The molecule has 3 aromatic rings. The smallest absolute Gasteiger partial charge is 0.238 e.